The van der Waals surface area contributed by atoms with Gasteiger partial charge in [-0.3, -0.25) is 4.68 Å². The molecule has 0 aliphatic heterocycles. The van der Waals surface area contributed by atoms with Crippen molar-refractivity contribution in [2.45, 2.75) is 25.4 Å². The molecular weight excluding hydrogens is 256 g/mol. The van der Waals surface area contributed by atoms with E-state index < -0.39 is 0 Å². The van der Waals surface area contributed by atoms with Crippen LogP contribution < -0.4 is 5.73 Å². The third-order valence-corrected chi connectivity index (χ3v) is 4.37. The molecule has 0 saturated carbocycles. The molecule has 0 saturated heterocycles. The highest BCUT2D eigenvalue weighted by Gasteiger charge is 2.16. The number of rotatable bonds is 6. The van der Waals surface area contributed by atoms with E-state index in [0.717, 1.165) is 18.5 Å². The number of aromatic nitrogens is 2. The minimum absolute atomic E-state index is 0.0180. The topological polar surface area (TPSA) is 47.1 Å². The first-order chi connectivity index (χ1) is 9.06. The number of hydrogen-bond acceptors (Lipinski definition) is 4. The summed E-state index contributed by atoms with van der Waals surface area (Å²) in [5, 5.41) is 6.30. The second-order valence-electron chi connectivity index (χ2n) is 5.13. The van der Waals surface area contributed by atoms with Gasteiger partial charge in [0, 0.05) is 42.3 Å². The molecule has 0 radical (unpaired) electrons. The molecule has 2 aromatic rings. The van der Waals surface area contributed by atoms with Gasteiger partial charge in [-0.2, -0.15) is 5.10 Å². The molecule has 5 heteroatoms. The summed E-state index contributed by atoms with van der Waals surface area (Å²) in [6, 6.07) is 4.80. The fourth-order valence-electron chi connectivity index (χ4n) is 2.10. The van der Waals surface area contributed by atoms with Crippen LogP contribution in [0.5, 0.6) is 0 Å². The second-order valence-corrected chi connectivity index (χ2v) is 6.16. The number of nitrogens with zero attached hydrogens (tertiary/aromatic N) is 3. The largest absolute Gasteiger partial charge is 0.323 e. The highest BCUT2D eigenvalue weighted by atomic mass is 32.1. The molecule has 104 valence electrons. The van der Waals surface area contributed by atoms with Crippen LogP contribution >= 0.6 is 11.3 Å². The Morgan fingerprint density at radius 2 is 2.32 bits per heavy atom. The molecule has 2 rings (SSSR count). The SMILES string of the molecule is CC(Cc1cccs1)N(C)CC(N)c1cnn(C)c1. The van der Waals surface area contributed by atoms with E-state index in [0.29, 0.717) is 6.04 Å². The zero-order chi connectivity index (χ0) is 13.8. The van der Waals surface area contributed by atoms with E-state index in [1.165, 1.54) is 4.88 Å². The highest BCUT2D eigenvalue weighted by molar-refractivity contribution is 7.09. The van der Waals surface area contributed by atoms with Gasteiger partial charge in [-0.15, -0.1) is 11.3 Å². The van der Waals surface area contributed by atoms with Crippen LogP contribution in [-0.2, 0) is 13.5 Å². The van der Waals surface area contributed by atoms with Gasteiger partial charge in [0.25, 0.3) is 0 Å². The Morgan fingerprint density at radius 3 is 2.89 bits per heavy atom. The lowest BCUT2D eigenvalue weighted by Gasteiger charge is -2.26. The summed E-state index contributed by atoms with van der Waals surface area (Å²) >= 11 is 1.82. The lowest BCUT2D eigenvalue weighted by atomic mass is 10.1. The van der Waals surface area contributed by atoms with Crippen molar-refractivity contribution in [3.8, 4) is 0 Å². The minimum atomic E-state index is 0.0180. The van der Waals surface area contributed by atoms with Gasteiger partial charge in [0.1, 0.15) is 0 Å². The van der Waals surface area contributed by atoms with E-state index in [4.69, 9.17) is 5.73 Å². The molecule has 2 atom stereocenters. The highest BCUT2D eigenvalue weighted by Crippen LogP contribution is 2.16. The zero-order valence-corrected chi connectivity index (χ0v) is 12.6. The van der Waals surface area contributed by atoms with Crippen molar-refractivity contribution in [2.75, 3.05) is 13.6 Å². The van der Waals surface area contributed by atoms with E-state index in [2.05, 4.69) is 41.5 Å². The Kier molecular flexibility index (Phi) is 4.74. The minimum Gasteiger partial charge on any atom is -0.323 e. The third kappa shape index (κ3) is 3.89. The lowest BCUT2D eigenvalue weighted by Crippen LogP contribution is -2.36. The predicted octanol–water partition coefficient (Wildman–Crippen LogP) is 2.04. The fourth-order valence-corrected chi connectivity index (χ4v) is 2.93. The zero-order valence-electron chi connectivity index (χ0n) is 11.8. The van der Waals surface area contributed by atoms with Gasteiger partial charge in [0.15, 0.2) is 0 Å². The van der Waals surface area contributed by atoms with E-state index in [1.807, 2.05) is 30.8 Å². The first-order valence-electron chi connectivity index (χ1n) is 6.53. The molecule has 2 unspecified atom stereocenters. The molecular formula is C14H22N4S. The van der Waals surface area contributed by atoms with Crippen molar-refractivity contribution in [3.05, 3.63) is 40.3 Å². The molecule has 2 N–H and O–H groups in total. The Bertz CT molecular complexity index is 491. The molecule has 0 spiro atoms. The molecule has 0 aromatic carbocycles. The molecule has 0 aliphatic rings. The normalized spacial score (nSPS) is 14.8. The van der Waals surface area contributed by atoms with E-state index in [-0.39, 0.29) is 6.04 Å². The molecule has 0 fully saturated rings. The lowest BCUT2D eigenvalue weighted by molar-refractivity contribution is 0.242. The maximum absolute atomic E-state index is 6.23. The summed E-state index contributed by atoms with van der Waals surface area (Å²) in [6.45, 7) is 3.09. The summed E-state index contributed by atoms with van der Waals surface area (Å²) in [6.07, 6.45) is 4.92. The Balaban J connectivity index is 1.87. The van der Waals surface area contributed by atoms with E-state index >= 15 is 0 Å². The van der Waals surface area contributed by atoms with Crippen molar-refractivity contribution in [1.82, 2.24) is 14.7 Å². The number of aryl methyl sites for hydroxylation is 1. The number of hydrogen-bond donors (Lipinski definition) is 1. The van der Waals surface area contributed by atoms with Crippen LogP contribution in [0.2, 0.25) is 0 Å². The average Bonchev–Trinajstić information content (AvgIpc) is 3.00. The Labute approximate surface area is 118 Å². The van der Waals surface area contributed by atoms with E-state index in [9.17, 15) is 0 Å². The Hall–Kier alpha value is -1.17. The Morgan fingerprint density at radius 1 is 1.53 bits per heavy atom. The summed E-state index contributed by atoms with van der Waals surface area (Å²) in [7, 11) is 4.05. The van der Waals surface area contributed by atoms with Crippen LogP contribution in [0.4, 0.5) is 0 Å². The van der Waals surface area contributed by atoms with Crippen molar-refractivity contribution in [2.24, 2.45) is 12.8 Å². The van der Waals surface area contributed by atoms with Gasteiger partial charge in [-0.1, -0.05) is 6.07 Å². The van der Waals surface area contributed by atoms with Crippen LogP contribution in [0.25, 0.3) is 0 Å². The van der Waals surface area contributed by atoms with Crippen molar-refractivity contribution in [1.29, 1.82) is 0 Å². The quantitative estimate of drug-likeness (QED) is 0.879. The maximum atomic E-state index is 6.23. The molecule has 4 nitrogen and oxygen atoms in total. The predicted molar refractivity (Wildman–Crippen MR) is 80.3 cm³/mol. The second kappa shape index (κ2) is 6.32. The number of likely N-dealkylation sites (N-methyl/N-ethyl adjacent to an activating group) is 1. The van der Waals surface area contributed by atoms with Crippen LogP contribution in [0, 0.1) is 0 Å². The van der Waals surface area contributed by atoms with Gasteiger partial charge >= 0.3 is 0 Å². The van der Waals surface area contributed by atoms with Crippen molar-refractivity contribution < 1.29 is 0 Å². The summed E-state index contributed by atoms with van der Waals surface area (Å²) in [5.74, 6) is 0. The maximum Gasteiger partial charge on any atom is 0.0537 e. The van der Waals surface area contributed by atoms with Crippen LogP contribution in [0.3, 0.4) is 0 Å². The molecule has 0 aliphatic carbocycles. The van der Waals surface area contributed by atoms with Crippen LogP contribution in [0.1, 0.15) is 23.4 Å². The van der Waals surface area contributed by atoms with Crippen molar-refractivity contribution >= 4 is 11.3 Å². The average molecular weight is 278 g/mol. The standard InChI is InChI=1S/C14H22N4S/c1-11(7-13-5-4-6-19-13)17(2)10-14(15)12-8-16-18(3)9-12/h4-6,8-9,11,14H,7,10,15H2,1-3H3. The number of thiophene rings is 1. The van der Waals surface area contributed by atoms with Crippen LogP contribution in [-0.4, -0.2) is 34.3 Å². The summed E-state index contributed by atoms with van der Waals surface area (Å²) in [5.41, 5.74) is 7.32. The molecule has 2 aromatic heterocycles. The van der Waals surface area contributed by atoms with Gasteiger partial charge in [0.2, 0.25) is 0 Å². The first-order valence-corrected chi connectivity index (χ1v) is 7.41. The van der Waals surface area contributed by atoms with Gasteiger partial charge in [-0.05, 0) is 31.8 Å². The van der Waals surface area contributed by atoms with E-state index in [1.54, 1.807) is 4.68 Å². The third-order valence-electron chi connectivity index (χ3n) is 3.47. The fraction of sp³-hybridized carbons (Fsp3) is 0.500. The van der Waals surface area contributed by atoms with Crippen LogP contribution in [0.15, 0.2) is 29.9 Å². The molecule has 0 amide bonds. The first kappa shape index (κ1) is 14.2. The smallest absolute Gasteiger partial charge is 0.0537 e. The van der Waals surface area contributed by atoms with Gasteiger partial charge in [0.05, 0.1) is 6.20 Å². The monoisotopic (exact) mass is 278 g/mol. The van der Waals surface area contributed by atoms with Gasteiger partial charge < -0.3 is 10.6 Å². The molecule has 19 heavy (non-hydrogen) atoms. The van der Waals surface area contributed by atoms with Gasteiger partial charge in [-0.25, -0.2) is 0 Å². The molecule has 0 bridgehead atoms. The number of nitrogens with two attached hydrogens (primary N) is 1. The summed E-state index contributed by atoms with van der Waals surface area (Å²) < 4.78 is 1.80. The molecule has 2 heterocycles. The van der Waals surface area contributed by atoms with Crippen molar-refractivity contribution in [3.63, 3.8) is 0 Å². The summed E-state index contributed by atoms with van der Waals surface area (Å²) in [4.78, 5) is 3.74.